The first kappa shape index (κ1) is 15.4. The summed E-state index contributed by atoms with van der Waals surface area (Å²) in [5, 5.41) is 6.35. The first-order chi connectivity index (χ1) is 8.65. The van der Waals surface area contributed by atoms with Gasteiger partial charge in [0, 0.05) is 26.3 Å². The van der Waals surface area contributed by atoms with Gasteiger partial charge in [0.05, 0.1) is 6.04 Å². The first-order valence-corrected chi connectivity index (χ1v) is 7.18. The molecule has 0 aromatic rings. The number of carbonyl (C=O) groups excluding carboxylic acids is 1. The molecular weight excluding hydrogens is 228 g/mol. The zero-order valence-corrected chi connectivity index (χ0v) is 12.0. The molecule has 18 heavy (non-hydrogen) atoms. The van der Waals surface area contributed by atoms with E-state index in [9.17, 15) is 4.79 Å². The molecule has 106 valence electrons. The molecule has 1 fully saturated rings. The normalized spacial score (nSPS) is 19.7. The van der Waals surface area contributed by atoms with Gasteiger partial charge in [0.1, 0.15) is 0 Å². The number of rotatable bonds is 8. The SMILES string of the molecule is COCCCNC(=O)C(C)N[C@@H](C)C1CCCC1. The van der Waals surface area contributed by atoms with Gasteiger partial charge in [0.2, 0.25) is 5.91 Å². The largest absolute Gasteiger partial charge is 0.385 e. The number of hydrogen-bond donors (Lipinski definition) is 2. The Balaban J connectivity index is 2.17. The van der Waals surface area contributed by atoms with Crippen molar-refractivity contribution in [3.63, 3.8) is 0 Å². The summed E-state index contributed by atoms with van der Waals surface area (Å²) >= 11 is 0. The van der Waals surface area contributed by atoms with E-state index in [1.165, 1.54) is 25.7 Å². The Morgan fingerprint density at radius 1 is 1.33 bits per heavy atom. The molecule has 0 aromatic heterocycles. The van der Waals surface area contributed by atoms with Crippen molar-refractivity contribution >= 4 is 5.91 Å². The van der Waals surface area contributed by atoms with Crippen LogP contribution in [0, 0.1) is 5.92 Å². The van der Waals surface area contributed by atoms with Gasteiger partial charge in [-0.2, -0.15) is 0 Å². The Kier molecular flexibility index (Phi) is 7.28. The van der Waals surface area contributed by atoms with Gasteiger partial charge < -0.3 is 15.4 Å². The van der Waals surface area contributed by atoms with Gasteiger partial charge in [-0.25, -0.2) is 0 Å². The fraction of sp³-hybridized carbons (Fsp3) is 0.929. The molecular formula is C14H28N2O2. The lowest BCUT2D eigenvalue weighted by atomic mass is 9.99. The minimum absolute atomic E-state index is 0.0935. The quantitative estimate of drug-likeness (QED) is 0.650. The van der Waals surface area contributed by atoms with E-state index in [1.54, 1.807) is 7.11 Å². The molecule has 0 spiro atoms. The summed E-state index contributed by atoms with van der Waals surface area (Å²) in [6, 6.07) is 0.329. The van der Waals surface area contributed by atoms with E-state index < -0.39 is 0 Å². The highest BCUT2D eigenvalue weighted by Crippen LogP contribution is 2.27. The Labute approximate surface area is 111 Å². The van der Waals surface area contributed by atoms with Crippen molar-refractivity contribution in [1.82, 2.24) is 10.6 Å². The highest BCUT2D eigenvalue weighted by Gasteiger charge is 2.24. The summed E-state index contributed by atoms with van der Waals surface area (Å²) in [6.45, 7) is 5.53. The number of carbonyl (C=O) groups is 1. The molecule has 2 atom stereocenters. The van der Waals surface area contributed by atoms with E-state index in [4.69, 9.17) is 4.74 Å². The monoisotopic (exact) mass is 256 g/mol. The maximum atomic E-state index is 11.8. The van der Waals surface area contributed by atoms with Crippen LogP contribution in [0.5, 0.6) is 0 Å². The van der Waals surface area contributed by atoms with Crippen LogP contribution in [0.4, 0.5) is 0 Å². The van der Waals surface area contributed by atoms with Crippen LogP contribution < -0.4 is 10.6 Å². The van der Waals surface area contributed by atoms with Gasteiger partial charge in [-0.1, -0.05) is 12.8 Å². The summed E-state index contributed by atoms with van der Waals surface area (Å²) < 4.78 is 4.95. The lowest BCUT2D eigenvalue weighted by molar-refractivity contribution is -0.123. The second kappa shape index (κ2) is 8.48. The van der Waals surface area contributed by atoms with Gasteiger partial charge in [-0.15, -0.1) is 0 Å². The van der Waals surface area contributed by atoms with Crippen molar-refractivity contribution in [1.29, 1.82) is 0 Å². The van der Waals surface area contributed by atoms with Crippen molar-refractivity contribution in [2.75, 3.05) is 20.3 Å². The topological polar surface area (TPSA) is 50.4 Å². The summed E-state index contributed by atoms with van der Waals surface area (Å²) in [5.74, 6) is 0.838. The van der Waals surface area contributed by atoms with Crippen molar-refractivity contribution in [2.45, 2.75) is 58.0 Å². The number of hydrogen-bond acceptors (Lipinski definition) is 3. The third-order valence-electron chi connectivity index (χ3n) is 3.84. The minimum atomic E-state index is -0.108. The molecule has 0 aromatic carbocycles. The van der Waals surface area contributed by atoms with Crippen LogP contribution in [0.25, 0.3) is 0 Å². The van der Waals surface area contributed by atoms with Crippen LogP contribution in [0.15, 0.2) is 0 Å². The average Bonchev–Trinajstić information content (AvgIpc) is 2.88. The number of methoxy groups -OCH3 is 1. The zero-order valence-electron chi connectivity index (χ0n) is 12.0. The lowest BCUT2D eigenvalue weighted by Gasteiger charge is -2.24. The van der Waals surface area contributed by atoms with Crippen LogP contribution in [0.1, 0.15) is 46.0 Å². The van der Waals surface area contributed by atoms with E-state index in [-0.39, 0.29) is 11.9 Å². The highest BCUT2D eigenvalue weighted by atomic mass is 16.5. The standard InChI is InChI=1S/C14H28N2O2/c1-11(13-7-4-5-8-13)16-12(2)14(17)15-9-6-10-18-3/h11-13,16H,4-10H2,1-3H3,(H,15,17)/t11-,12?/m0/s1. The van der Waals surface area contributed by atoms with Gasteiger partial charge >= 0.3 is 0 Å². The summed E-state index contributed by atoms with van der Waals surface area (Å²) in [7, 11) is 1.68. The molecule has 1 amide bonds. The van der Waals surface area contributed by atoms with Crippen molar-refractivity contribution in [3.8, 4) is 0 Å². The summed E-state index contributed by atoms with van der Waals surface area (Å²) in [5.41, 5.74) is 0. The smallest absolute Gasteiger partial charge is 0.236 e. The molecule has 1 rings (SSSR count). The average molecular weight is 256 g/mol. The van der Waals surface area contributed by atoms with Crippen molar-refractivity contribution in [2.24, 2.45) is 5.92 Å². The van der Waals surface area contributed by atoms with Crippen molar-refractivity contribution < 1.29 is 9.53 Å². The van der Waals surface area contributed by atoms with E-state index in [0.29, 0.717) is 19.2 Å². The minimum Gasteiger partial charge on any atom is -0.385 e. The van der Waals surface area contributed by atoms with Gasteiger partial charge in [0.25, 0.3) is 0 Å². The molecule has 1 unspecified atom stereocenters. The Bertz CT molecular complexity index is 240. The molecule has 0 bridgehead atoms. The predicted molar refractivity (Wildman–Crippen MR) is 73.5 cm³/mol. The third-order valence-corrected chi connectivity index (χ3v) is 3.84. The molecule has 1 saturated carbocycles. The molecule has 0 heterocycles. The van der Waals surface area contributed by atoms with Gasteiger partial charge in [0.15, 0.2) is 0 Å². The molecule has 2 N–H and O–H groups in total. The molecule has 1 aliphatic rings. The Morgan fingerprint density at radius 3 is 2.61 bits per heavy atom. The molecule has 0 saturated heterocycles. The second-order valence-corrected chi connectivity index (χ2v) is 5.36. The number of amides is 1. The van der Waals surface area contributed by atoms with Crippen LogP contribution in [-0.2, 0) is 9.53 Å². The lowest BCUT2D eigenvalue weighted by Crippen LogP contribution is -2.47. The van der Waals surface area contributed by atoms with Crippen molar-refractivity contribution in [3.05, 3.63) is 0 Å². The van der Waals surface area contributed by atoms with E-state index >= 15 is 0 Å². The molecule has 0 radical (unpaired) electrons. The van der Waals surface area contributed by atoms with Crippen LogP contribution in [0.3, 0.4) is 0 Å². The second-order valence-electron chi connectivity index (χ2n) is 5.36. The maximum Gasteiger partial charge on any atom is 0.236 e. The first-order valence-electron chi connectivity index (χ1n) is 7.18. The number of ether oxygens (including phenoxy) is 1. The molecule has 1 aliphatic carbocycles. The fourth-order valence-electron chi connectivity index (χ4n) is 2.64. The summed E-state index contributed by atoms with van der Waals surface area (Å²) in [4.78, 5) is 11.8. The van der Waals surface area contributed by atoms with Crippen LogP contribution in [-0.4, -0.2) is 38.3 Å². The predicted octanol–water partition coefficient (Wildman–Crippen LogP) is 1.70. The third kappa shape index (κ3) is 5.36. The zero-order chi connectivity index (χ0) is 13.4. The van der Waals surface area contributed by atoms with E-state index in [0.717, 1.165) is 12.3 Å². The summed E-state index contributed by atoms with van der Waals surface area (Å²) in [6.07, 6.45) is 6.16. The van der Waals surface area contributed by atoms with E-state index in [1.807, 2.05) is 6.92 Å². The highest BCUT2D eigenvalue weighted by molar-refractivity contribution is 5.81. The van der Waals surface area contributed by atoms with Gasteiger partial charge in [-0.05, 0) is 39.0 Å². The number of nitrogens with one attached hydrogen (secondary N) is 2. The molecule has 0 aliphatic heterocycles. The Hall–Kier alpha value is -0.610. The Morgan fingerprint density at radius 2 is 2.00 bits per heavy atom. The molecule has 4 heteroatoms. The van der Waals surface area contributed by atoms with Crippen LogP contribution in [0.2, 0.25) is 0 Å². The van der Waals surface area contributed by atoms with Crippen LogP contribution >= 0.6 is 0 Å². The maximum absolute atomic E-state index is 11.8. The fourth-order valence-corrected chi connectivity index (χ4v) is 2.64. The molecule has 4 nitrogen and oxygen atoms in total. The van der Waals surface area contributed by atoms with Gasteiger partial charge in [-0.3, -0.25) is 4.79 Å². The van der Waals surface area contributed by atoms with E-state index in [2.05, 4.69) is 17.6 Å².